The molecule has 152 valence electrons. The summed E-state index contributed by atoms with van der Waals surface area (Å²) in [6.07, 6.45) is 4.48. The van der Waals surface area contributed by atoms with Gasteiger partial charge in [-0.1, -0.05) is 104 Å². The molecule has 1 fully saturated rings. The zero-order valence-corrected chi connectivity index (χ0v) is 18.3. The van der Waals surface area contributed by atoms with Gasteiger partial charge in [0.05, 0.1) is 5.92 Å². The highest BCUT2D eigenvalue weighted by molar-refractivity contribution is 6.55. The van der Waals surface area contributed by atoms with Crippen LogP contribution in [0.2, 0.25) is 0 Å². The fourth-order valence-electron chi connectivity index (χ4n) is 4.03. The van der Waals surface area contributed by atoms with Crippen LogP contribution in [-0.4, -0.2) is 5.97 Å². The summed E-state index contributed by atoms with van der Waals surface area (Å²) in [4.78, 5) is 12.9. The third-order valence-corrected chi connectivity index (χ3v) is 6.26. The minimum Gasteiger partial charge on any atom is -0.453 e. The zero-order chi connectivity index (χ0) is 21.0. The SMILES string of the molecule is C=CC(OC(=O)C1CC(C=C(Cl)Cl)C1(C)C)c1ccccc1Cc1ccccc1. The fraction of sp³-hybridized carbons (Fsp3) is 0.320. The number of allylic oxidation sites excluding steroid dienone is 1. The third kappa shape index (κ3) is 4.94. The van der Waals surface area contributed by atoms with Crippen LogP contribution in [0, 0.1) is 17.3 Å². The molecule has 0 N–H and O–H groups in total. The van der Waals surface area contributed by atoms with Gasteiger partial charge in [0.15, 0.2) is 0 Å². The first kappa shape index (κ1) is 21.7. The molecule has 0 amide bonds. The molecule has 2 nitrogen and oxygen atoms in total. The van der Waals surface area contributed by atoms with E-state index in [4.69, 9.17) is 27.9 Å². The molecule has 0 aromatic heterocycles. The van der Waals surface area contributed by atoms with Crippen molar-refractivity contribution in [2.45, 2.75) is 32.8 Å². The second kappa shape index (κ2) is 9.19. The maximum atomic E-state index is 12.9. The second-order valence-corrected chi connectivity index (χ2v) is 9.13. The Bertz CT molecular complexity index is 898. The van der Waals surface area contributed by atoms with Crippen LogP contribution >= 0.6 is 23.2 Å². The van der Waals surface area contributed by atoms with Gasteiger partial charge in [0, 0.05) is 0 Å². The van der Waals surface area contributed by atoms with Crippen LogP contribution in [0.5, 0.6) is 0 Å². The van der Waals surface area contributed by atoms with Gasteiger partial charge >= 0.3 is 5.97 Å². The summed E-state index contributed by atoms with van der Waals surface area (Å²) in [5.41, 5.74) is 3.05. The molecule has 0 bridgehead atoms. The summed E-state index contributed by atoms with van der Waals surface area (Å²) in [5, 5.41) is 0. The molecule has 0 radical (unpaired) electrons. The van der Waals surface area contributed by atoms with E-state index in [0.717, 1.165) is 17.5 Å². The lowest BCUT2D eigenvalue weighted by molar-refractivity contribution is -0.166. The highest BCUT2D eigenvalue weighted by Gasteiger charge is 2.52. The van der Waals surface area contributed by atoms with E-state index in [0.29, 0.717) is 6.42 Å². The zero-order valence-electron chi connectivity index (χ0n) is 16.8. The van der Waals surface area contributed by atoms with Gasteiger partial charge in [0.2, 0.25) is 0 Å². The lowest BCUT2D eigenvalue weighted by Crippen LogP contribution is -2.48. The van der Waals surface area contributed by atoms with Crippen molar-refractivity contribution >= 4 is 29.2 Å². The first-order valence-corrected chi connectivity index (χ1v) is 10.6. The Morgan fingerprint density at radius 3 is 2.45 bits per heavy atom. The first-order valence-electron chi connectivity index (χ1n) is 9.80. The van der Waals surface area contributed by atoms with Crippen LogP contribution in [0.15, 0.2) is 77.8 Å². The predicted octanol–water partition coefficient (Wildman–Crippen LogP) is 7.03. The number of carbonyl (C=O) groups excluding carboxylic acids is 1. The van der Waals surface area contributed by atoms with Crippen LogP contribution in [0.4, 0.5) is 0 Å². The molecule has 2 aromatic rings. The Kier molecular flexibility index (Phi) is 6.87. The van der Waals surface area contributed by atoms with Gasteiger partial charge in [-0.25, -0.2) is 0 Å². The molecule has 3 rings (SSSR count). The van der Waals surface area contributed by atoms with Gasteiger partial charge in [-0.3, -0.25) is 4.79 Å². The normalized spacial score (nSPS) is 20.8. The molecule has 4 heteroatoms. The Balaban J connectivity index is 1.75. The van der Waals surface area contributed by atoms with Crippen molar-refractivity contribution in [3.05, 3.63) is 94.5 Å². The van der Waals surface area contributed by atoms with E-state index in [2.05, 4.69) is 24.8 Å². The van der Waals surface area contributed by atoms with E-state index in [1.54, 1.807) is 6.08 Å². The Morgan fingerprint density at radius 1 is 1.17 bits per heavy atom. The van der Waals surface area contributed by atoms with Crippen molar-refractivity contribution in [2.75, 3.05) is 0 Å². The van der Waals surface area contributed by atoms with Gasteiger partial charge in [-0.15, -0.1) is 0 Å². The molecular formula is C25H26Cl2O2. The maximum absolute atomic E-state index is 12.9. The number of benzene rings is 2. The Morgan fingerprint density at radius 2 is 1.83 bits per heavy atom. The molecule has 1 aliphatic carbocycles. The van der Waals surface area contributed by atoms with Crippen LogP contribution in [0.1, 0.15) is 43.1 Å². The summed E-state index contributed by atoms with van der Waals surface area (Å²) in [6, 6.07) is 18.3. The molecule has 0 aliphatic heterocycles. The number of hydrogen-bond acceptors (Lipinski definition) is 2. The molecule has 0 spiro atoms. The van der Waals surface area contributed by atoms with E-state index < -0.39 is 6.10 Å². The number of carbonyl (C=O) groups is 1. The average Bonchev–Trinajstić information content (AvgIpc) is 2.70. The highest BCUT2D eigenvalue weighted by atomic mass is 35.5. The molecule has 0 saturated heterocycles. The van der Waals surface area contributed by atoms with Crippen LogP contribution in [-0.2, 0) is 16.0 Å². The largest absolute Gasteiger partial charge is 0.453 e. The van der Waals surface area contributed by atoms with Crippen molar-refractivity contribution in [1.29, 1.82) is 0 Å². The number of hydrogen-bond donors (Lipinski definition) is 0. The van der Waals surface area contributed by atoms with Crippen molar-refractivity contribution < 1.29 is 9.53 Å². The van der Waals surface area contributed by atoms with Crippen molar-refractivity contribution in [3.8, 4) is 0 Å². The first-order chi connectivity index (χ1) is 13.8. The summed E-state index contributed by atoms with van der Waals surface area (Å²) in [5.74, 6) is -0.234. The number of halogens is 2. The van der Waals surface area contributed by atoms with Crippen LogP contribution < -0.4 is 0 Å². The molecule has 29 heavy (non-hydrogen) atoms. The number of ether oxygens (including phenoxy) is 1. The maximum Gasteiger partial charge on any atom is 0.310 e. The van der Waals surface area contributed by atoms with E-state index in [1.807, 2.05) is 56.3 Å². The Hall–Kier alpha value is -2.03. The van der Waals surface area contributed by atoms with Crippen LogP contribution in [0.3, 0.4) is 0 Å². The summed E-state index contributed by atoms with van der Waals surface area (Å²) in [7, 11) is 0. The van der Waals surface area contributed by atoms with Crippen molar-refractivity contribution in [1.82, 2.24) is 0 Å². The van der Waals surface area contributed by atoms with E-state index >= 15 is 0 Å². The van der Waals surface area contributed by atoms with E-state index in [1.165, 1.54) is 5.56 Å². The summed E-state index contributed by atoms with van der Waals surface area (Å²) in [6.45, 7) is 8.01. The topological polar surface area (TPSA) is 26.3 Å². The van der Waals surface area contributed by atoms with Gasteiger partial charge in [0.1, 0.15) is 10.6 Å². The molecule has 1 saturated carbocycles. The molecule has 3 atom stereocenters. The molecule has 3 unspecified atom stereocenters. The Labute approximate surface area is 183 Å². The third-order valence-electron chi connectivity index (χ3n) is 6.01. The number of esters is 1. The lowest BCUT2D eigenvalue weighted by Gasteiger charge is -2.49. The predicted molar refractivity (Wildman–Crippen MR) is 120 cm³/mol. The van der Waals surface area contributed by atoms with E-state index in [9.17, 15) is 4.79 Å². The van der Waals surface area contributed by atoms with Crippen molar-refractivity contribution in [2.24, 2.45) is 17.3 Å². The fourth-order valence-corrected chi connectivity index (χ4v) is 4.33. The average molecular weight is 429 g/mol. The standard InChI is InChI=1S/C25H26Cl2O2/c1-4-22(29-24(28)21-15-19(16-23(26)27)25(21,2)3)20-13-9-8-12-18(20)14-17-10-6-5-7-11-17/h4-13,16,19,21-22H,1,14-15H2,2-3H3. The van der Waals surface area contributed by atoms with E-state index in [-0.39, 0.29) is 27.7 Å². The van der Waals surface area contributed by atoms with Gasteiger partial charge in [-0.05, 0) is 46.9 Å². The number of rotatable bonds is 7. The lowest BCUT2D eigenvalue weighted by atomic mass is 9.55. The van der Waals surface area contributed by atoms with Gasteiger partial charge < -0.3 is 4.74 Å². The summed E-state index contributed by atoms with van der Waals surface area (Å²) < 4.78 is 6.16. The summed E-state index contributed by atoms with van der Waals surface area (Å²) >= 11 is 11.6. The molecule has 2 aromatic carbocycles. The monoisotopic (exact) mass is 428 g/mol. The highest BCUT2D eigenvalue weighted by Crippen LogP contribution is 2.53. The smallest absolute Gasteiger partial charge is 0.310 e. The molecule has 0 heterocycles. The molecular weight excluding hydrogens is 403 g/mol. The molecule has 1 aliphatic rings. The second-order valence-electron chi connectivity index (χ2n) is 8.13. The minimum atomic E-state index is -0.482. The van der Waals surface area contributed by atoms with Crippen molar-refractivity contribution in [3.63, 3.8) is 0 Å². The van der Waals surface area contributed by atoms with Crippen LogP contribution in [0.25, 0.3) is 0 Å². The minimum absolute atomic E-state index is 0.164. The van der Waals surface area contributed by atoms with Gasteiger partial charge in [-0.2, -0.15) is 0 Å². The van der Waals surface area contributed by atoms with Gasteiger partial charge in [0.25, 0.3) is 0 Å². The quantitative estimate of drug-likeness (QED) is 0.349.